The van der Waals surface area contributed by atoms with Gasteiger partial charge < -0.3 is 19.1 Å². The third-order valence-electron chi connectivity index (χ3n) is 5.14. The van der Waals surface area contributed by atoms with Crippen molar-refractivity contribution in [3.05, 3.63) is 34.8 Å². The molecule has 0 saturated carbocycles. The summed E-state index contributed by atoms with van der Waals surface area (Å²) >= 11 is 1.25. The minimum Gasteiger partial charge on any atom is -0.493 e. The number of anilines is 1. The summed E-state index contributed by atoms with van der Waals surface area (Å²) in [7, 11) is 3.03. The molecule has 9 nitrogen and oxygen atoms in total. The second-order valence-corrected chi connectivity index (χ2v) is 8.13. The van der Waals surface area contributed by atoms with Crippen LogP contribution in [0.25, 0.3) is 0 Å². The lowest BCUT2D eigenvalue weighted by Gasteiger charge is -2.31. The molecule has 1 saturated heterocycles. The van der Waals surface area contributed by atoms with E-state index in [1.807, 2.05) is 0 Å². The number of nitrogens with zero attached hydrogens (tertiary/aromatic N) is 2. The van der Waals surface area contributed by atoms with E-state index in [2.05, 4.69) is 10.3 Å². The summed E-state index contributed by atoms with van der Waals surface area (Å²) in [6.07, 6.45) is 1.60. The lowest BCUT2D eigenvalue weighted by molar-refractivity contribution is -0.151. The molecule has 1 fully saturated rings. The number of hydrogen-bond donors (Lipinski definition) is 1. The molecular weight excluding hydrogens is 434 g/mol. The molecule has 2 aromatic rings. The summed E-state index contributed by atoms with van der Waals surface area (Å²) in [6.45, 7) is 3.08. The van der Waals surface area contributed by atoms with Gasteiger partial charge in [-0.3, -0.25) is 19.7 Å². The van der Waals surface area contributed by atoms with Gasteiger partial charge in [-0.2, -0.15) is 0 Å². The number of thiazole rings is 1. The van der Waals surface area contributed by atoms with Crippen molar-refractivity contribution in [3.63, 3.8) is 0 Å². The molecule has 1 unspecified atom stereocenters. The fourth-order valence-corrected chi connectivity index (χ4v) is 4.22. The fourth-order valence-electron chi connectivity index (χ4n) is 3.52. The molecule has 0 radical (unpaired) electrons. The first-order valence-electron chi connectivity index (χ1n) is 10.4. The topological polar surface area (TPSA) is 107 Å². The monoisotopic (exact) mass is 461 g/mol. The zero-order valence-corrected chi connectivity index (χ0v) is 19.2. The van der Waals surface area contributed by atoms with Crippen LogP contribution in [0.5, 0.6) is 11.5 Å². The van der Waals surface area contributed by atoms with Gasteiger partial charge in [-0.25, -0.2) is 4.98 Å². The Balaban J connectivity index is 1.58. The van der Waals surface area contributed by atoms with E-state index >= 15 is 0 Å². The summed E-state index contributed by atoms with van der Waals surface area (Å²) in [5.41, 5.74) is 0.967. The van der Waals surface area contributed by atoms with E-state index in [4.69, 9.17) is 14.2 Å². The highest BCUT2D eigenvalue weighted by Crippen LogP contribution is 2.28. The van der Waals surface area contributed by atoms with Crippen molar-refractivity contribution in [1.82, 2.24) is 9.88 Å². The number of esters is 1. The molecule has 0 bridgehead atoms. The number of hydrogen-bond acceptors (Lipinski definition) is 8. The Kier molecular flexibility index (Phi) is 8.04. The zero-order chi connectivity index (χ0) is 23.1. The largest absolute Gasteiger partial charge is 0.493 e. The Morgan fingerprint density at radius 2 is 2.00 bits per heavy atom. The molecule has 10 heteroatoms. The average Bonchev–Trinajstić information content (AvgIpc) is 3.25. The van der Waals surface area contributed by atoms with Gasteiger partial charge in [0.2, 0.25) is 5.91 Å². The van der Waals surface area contributed by atoms with Crippen LogP contribution in [0.15, 0.2) is 23.6 Å². The van der Waals surface area contributed by atoms with Crippen molar-refractivity contribution in [2.75, 3.05) is 39.2 Å². The number of nitrogens with one attached hydrogen (secondary N) is 1. The van der Waals surface area contributed by atoms with Gasteiger partial charge in [0.1, 0.15) is 0 Å². The SMILES string of the molecule is CCOC(=O)C1CCCN(C(=O)Cc2csc(NC(=O)c3ccc(OC)c(OC)c3)n2)C1. The molecule has 32 heavy (non-hydrogen) atoms. The van der Waals surface area contributed by atoms with Crippen LogP contribution in [-0.2, 0) is 20.7 Å². The molecule has 2 heterocycles. The van der Waals surface area contributed by atoms with Crippen molar-refractivity contribution >= 4 is 34.3 Å². The molecular formula is C22H27N3O6S. The average molecular weight is 462 g/mol. The van der Waals surface area contributed by atoms with Crippen LogP contribution >= 0.6 is 11.3 Å². The van der Waals surface area contributed by atoms with Crippen LogP contribution in [0.3, 0.4) is 0 Å². The molecule has 172 valence electrons. The Morgan fingerprint density at radius 1 is 1.22 bits per heavy atom. The van der Waals surface area contributed by atoms with Crippen LogP contribution in [-0.4, -0.2) is 61.6 Å². The van der Waals surface area contributed by atoms with E-state index < -0.39 is 0 Å². The molecule has 1 aliphatic heterocycles. The van der Waals surface area contributed by atoms with Crippen molar-refractivity contribution in [2.24, 2.45) is 5.92 Å². The number of rotatable bonds is 8. The summed E-state index contributed by atoms with van der Waals surface area (Å²) in [5, 5.41) is 4.89. The Bertz CT molecular complexity index is 976. The number of amides is 2. The maximum Gasteiger partial charge on any atom is 0.310 e. The second kappa shape index (κ2) is 10.9. The van der Waals surface area contributed by atoms with Gasteiger partial charge in [0, 0.05) is 24.0 Å². The number of benzene rings is 1. The lowest BCUT2D eigenvalue weighted by atomic mass is 9.98. The van der Waals surface area contributed by atoms with E-state index in [-0.39, 0.29) is 30.1 Å². The van der Waals surface area contributed by atoms with Crippen LogP contribution in [0.4, 0.5) is 5.13 Å². The summed E-state index contributed by atoms with van der Waals surface area (Å²) in [6, 6.07) is 4.87. The summed E-state index contributed by atoms with van der Waals surface area (Å²) in [5.74, 6) is 0.0158. The molecule has 2 amide bonds. The van der Waals surface area contributed by atoms with Gasteiger partial charge >= 0.3 is 5.97 Å². The molecule has 1 N–H and O–H groups in total. The number of carbonyl (C=O) groups excluding carboxylic acids is 3. The van der Waals surface area contributed by atoms with Gasteiger partial charge in [0.05, 0.1) is 38.9 Å². The van der Waals surface area contributed by atoms with Crippen LogP contribution < -0.4 is 14.8 Å². The van der Waals surface area contributed by atoms with E-state index in [1.165, 1.54) is 25.6 Å². The third kappa shape index (κ3) is 5.76. The Labute approximate surface area is 190 Å². The van der Waals surface area contributed by atoms with Crippen molar-refractivity contribution in [3.8, 4) is 11.5 Å². The van der Waals surface area contributed by atoms with Gasteiger partial charge in [-0.05, 0) is 38.0 Å². The first kappa shape index (κ1) is 23.5. The van der Waals surface area contributed by atoms with E-state index in [9.17, 15) is 14.4 Å². The number of piperidine rings is 1. The van der Waals surface area contributed by atoms with Crippen molar-refractivity contribution < 1.29 is 28.6 Å². The van der Waals surface area contributed by atoms with Gasteiger partial charge in [0.25, 0.3) is 5.91 Å². The van der Waals surface area contributed by atoms with E-state index in [1.54, 1.807) is 35.4 Å². The van der Waals surface area contributed by atoms with Crippen molar-refractivity contribution in [2.45, 2.75) is 26.2 Å². The maximum atomic E-state index is 12.7. The molecule has 0 aliphatic carbocycles. The Hall–Kier alpha value is -3.14. The number of ether oxygens (including phenoxy) is 3. The van der Waals surface area contributed by atoms with E-state index in [0.717, 1.165) is 12.8 Å². The number of likely N-dealkylation sites (tertiary alicyclic amines) is 1. The highest BCUT2D eigenvalue weighted by molar-refractivity contribution is 7.14. The molecule has 3 rings (SSSR count). The molecule has 1 aromatic heterocycles. The predicted octanol–water partition coefficient (Wildman–Crippen LogP) is 2.76. The molecule has 1 aromatic carbocycles. The summed E-state index contributed by atoms with van der Waals surface area (Å²) < 4.78 is 15.5. The predicted molar refractivity (Wildman–Crippen MR) is 119 cm³/mol. The first-order chi connectivity index (χ1) is 15.4. The standard InChI is InChI=1S/C22H27N3O6S/c1-4-31-21(28)15-6-5-9-25(12-15)19(26)11-16-13-32-22(23-16)24-20(27)14-7-8-17(29-2)18(10-14)30-3/h7-8,10,13,15H,4-6,9,11-12H2,1-3H3,(H,23,24,27). The highest BCUT2D eigenvalue weighted by Gasteiger charge is 2.29. The summed E-state index contributed by atoms with van der Waals surface area (Å²) in [4.78, 5) is 43.3. The minimum atomic E-state index is -0.341. The van der Waals surface area contributed by atoms with Gasteiger partial charge in [-0.1, -0.05) is 0 Å². The minimum absolute atomic E-state index is 0.0953. The highest BCUT2D eigenvalue weighted by atomic mass is 32.1. The third-order valence-corrected chi connectivity index (χ3v) is 5.95. The Morgan fingerprint density at radius 3 is 2.72 bits per heavy atom. The van der Waals surface area contributed by atoms with Gasteiger partial charge in [0.15, 0.2) is 16.6 Å². The molecule has 0 spiro atoms. The zero-order valence-electron chi connectivity index (χ0n) is 18.4. The number of aromatic nitrogens is 1. The van der Waals surface area contributed by atoms with Crippen LogP contribution in [0.2, 0.25) is 0 Å². The number of carbonyl (C=O) groups is 3. The fraction of sp³-hybridized carbons (Fsp3) is 0.455. The quantitative estimate of drug-likeness (QED) is 0.603. The van der Waals surface area contributed by atoms with Crippen LogP contribution in [0, 0.1) is 5.92 Å². The smallest absolute Gasteiger partial charge is 0.310 e. The maximum absolute atomic E-state index is 12.7. The molecule has 1 aliphatic rings. The lowest BCUT2D eigenvalue weighted by Crippen LogP contribution is -2.43. The molecule has 1 atom stereocenters. The second-order valence-electron chi connectivity index (χ2n) is 7.28. The van der Waals surface area contributed by atoms with E-state index in [0.29, 0.717) is 47.6 Å². The normalized spacial score (nSPS) is 15.7. The van der Waals surface area contributed by atoms with Crippen molar-refractivity contribution in [1.29, 1.82) is 0 Å². The van der Waals surface area contributed by atoms with Crippen LogP contribution in [0.1, 0.15) is 35.8 Å². The van der Waals surface area contributed by atoms with Gasteiger partial charge in [-0.15, -0.1) is 11.3 Å². The number of methoxy groups -OCH3 is 2. The first-order valence-corrected chi connectivity index (χ1v) is 11.2.